The van der Waals surface area contributed by atoms with Crippen LogP contribution in [0.25, 0.3) is 44.5 Å². The molecule has 0 saturated heterocycles. The van der Waals surface area contributed by atoms with Crippen molar-refractivity contribution in [3.63, 3.8) is 0 Å². The van der Waals surface area contributed by atoms with Crippen molar-refractivity contribution in [2.45, 2.75) is 289 Å². The summed E-state index contributed by atoms with van der Waals surface area (Å²) in [5, 5.41) is 0. The summed E-state index contributed by atoms with van der Waals surface area (Å²) in [6.45, 7) is 9.00. The highest BCUT2D eigenvalue weighted by atomic mass is 19.4. The molecule has 4 nitrogen and oxygen atoms in total. The average molecular weight is 1750 g/mol. The number of ether oxygens (including phenoxy) is 4. The molecule has 682 valence electrons. The molecule has 6 aliphatic rings. The molecule has 0 spiro atoms. The van der Waals surface area contributed by atoms with Gasteiger partial charge in [-0.25, -0.2) is 26.3 Å². The number of alkyl halides is 12. The van der Waals surface area contributed by atoms with Gasteiger partial charge in [0.1, 0.15) is 29.0 Å². The molecule has 8 aromatic rings. The number of benzene rings is 8. The van der Waals surface area contributed by atoms with Crippen LogP contribution in [0.2, 0.25) is 0 Å². The van der Waals surface area contributed by atoms with E-state index in [9.17, 15) is 79.0 Å². The van der Waals surface area contributed by atoms with E-state index in [0.717, 1.165) is 95.1 Å². The Morgan fingerprint density at radius 3 is 0.894 bits per heavy atom. The highest BCUT2D eigenvalue weighted by Crippen LogP contribution is 2.49. The van der Waals surface area contributed by atoms with Crippen LogP contribution in [-0.2, 0) is 0 Å². The van der Waals surface area contributed by atoms with E-state index in [2.05, 4.69) is 58.8 Å². The zero-order valence-corrected chi connectivity index (χ0v) is 70.7. The second kappa shape index (κ2) is 44.2. The van der Waals surface area contributed by atoms with Gasteiger partial charge in [-0.15, -0.1) is 52.7 Å². The van der Waals surface area contributed by atoms with Gasteiger partial charge in [-0.05, 0) is 322 Å². The molecule has 0 unspecified atom stereocenters. The Balaban J connectivity index is 0.000000303. The van der Waals surface area contributed by atoms with Gasteiger partial charge in [0.05, 0.1) is 5.56 Å². The Bertz CT molecular complexity index is 4520. The van der Waals surface area contributed by atoms with E-state index >= 15 is 0 Å². The van der Waals surface area contributed by atoms with E-state index < -0.39 is 77.4 Å². The van der Waals surface area contributed by atoms with Crippen molar-refractivity contribution in [3.8, 4) is 67.5 Å². The molecule has 6 saturated carbocycles. The molecule has 0 heterocycles. The Morgan fingerprint density at radius 1 is 0.260 bits per heavy atom. The quantitative estimate of drug-likeness (QED) is 0.0598. The molecule has 8 aromatic carbocycles. The monoisotopic (exact) mass is 1750 g/mol. The Labute approximate surface area is 721 Å². The third-order valence-electron chi connectivity index (χ3n) is 27.0. The standard InChI is InChI=1S/2C28H26F6O.C23H33F3O.C22H31F3O.6H2/c1-2-3-17-4-6-18(7-5-17)19-8-10-20(11-9-19)22-15-24(30)27(25(31)16-22)21-12-13-26(23(29)14-21)35-28(32,33)34;1-2-3-17-4-6-18(7-5-17)19-8-10-20(11-9-19)21-12-13-23(24(29)14-21)22-15-25(30)27(26(31)16-22)35-28(32,33)34;1-2-3-4-17-5-7-18(8-6-17)19-9-11-20(12-10-19)21-13-15-22(16-14-21)27-23(24,25)26;1-2-3-16-4-6-17(7-5-16)18-8-10-19(11-9-18)20-12-14-21(15-13-20)26-22(23,24)25;;;;;;/h2*8-18H,2-7H2,1H3;13-20H,2-12H2,1H3;12-19H,2-11H2,1H3;6*1H. The van der Waals surface area contributed by atoms with Crippen LogP contribution < -0.4 is 18.9 Å². The summed E-state index contributed by atoms with van der Waals surface area (Å²) in [6, 6.07) is 38.7. The minimum Gasteiger partial charge on any atom is -0.406 e. The lowest BCUT2D eigenvalue weighted by molar-refractivity contribution is -0.277. The third-order valence-corrected chi connectivity index (χ3v) is 27.0. The molecule has 6 fully saturated rings. The van der Waals surface area contributed by atoms with Gasteiger partial charge in [0.25, 0.3) is 0 Å². The van der Waals surface area contributed by atoms with Gasteiger partial charge >= 0.3 is 25.4 Å². The van der Waals surface area contributed by atoms with Crippen molar-refractivity contribution in [1.82, 2.24) is 0 Å². The van der Waals surface area contributed by atoms with Crippen LogP contribution in [0.4, 0.5) is 79.0 Å². The molecule has 0 N–H and O–H groups in total. The topological polar surface area (TPSA) is 36.9 Å². The van der Waals surface area contributed by atoms with Crippen molar-refractivity contribution in [2.24, 2.45) is 47.3 Å². The van der Waals surface area contributed by atoms with E-state index in [-0.39, 0.29) is 36.7 Å². The zero-order chi connectivity index (χ0) is 88.2. The summed E-state index contributed by atoms with van der Waals surface area (Å²) in [4.78, 5) is 0. The smallest absolute Gasteiger partial charge is 0.406 e. The Hall–Kier alpha value is -8.30. The maximum atomic E-state index is 14.9. The second-order valence-corrected chi connectivity index (χ2v) is 35.2. The van der Waals surface area contributed by atoms with E-state index in [1.54, 1.807) is 6.07 Å². The number of rotatable bonds is 23. The van der Waals surface area contributed by atoms with Crippen LogP contribution in [0, 0.1) is 82.2 Å². The van der Waals surface area contributed by atoms with Gasteiger partial charge in [0.2, 0.25) is 5.75 Å². The van der Waals surface area contributed by atoms with Gasteiger partial charge in [-0.2, -0.15) is 0 Å². The summed E-state index contributed by atoms with van der Waals surface area (Å²) in [5.41, 5.74) is 6.03. The third kappa shape index (κ3) is 28.6. The lowest BCUT2D eigenvalue weighted by atomic mass is 9.68. The zero-order valence-electron chi connectivity index (χ0n) is 70.7. The van der Waals surface area contributed by atoms with Gasteiger partial charge < -0.3 is 18.9 Å². The molecule has 0 radical (unpaired) electrons. The molecule has 0 bridgehead atoms. The predicted octanol–water partition coefficient (Wildman–Crippen LogP) is 35.6. The van der Waals surface area contributed by atoms with Crippen LogP contribution >= 0.6 is 0 Å². The maximum absolute atomic E-state index is 14.9. The predicted molar refractivity (Wildman–Crippen MR) is 461 cm³/mol. The van der Waals surface area contributed by atoms with Crippen LogP contribution in [0.5, 0.6) is 23.0 Å². The SMILES string of the molecule is CCCC1CCC(C2CCC(c3ccc(OC(F)(F)F)cc3)CC2)CC1.CCCC1CCC(c2ccc(-c3cc(F)c(-c4ccc(OC(F)(F)F)c(F)c4)c(F)c3)cc2)CC1.CCCC1CCC(c2ccc(-c3ccc(-c4cc(F)c(OC(F)(F)F)c(F)c4)c(F)c3)cc2)CC1.CCCCC1CCC(C2CCC(c3ccc(OC(F)(F)F)cc3)CC2)CC1.[HH].[HH].[HH].[HH].[HH].[HH]. The molecule has 0 aliphatic heterocycles. The molecule has 14 rings (SSSR count). The first-order valence-electron chi connectivity index (χ1n) is 44.7. The van der Waals surface area contributed by atoms with Crippen molar-refractivity contribution in [3.05, 3.63) is 215 Å². The number of hydrogen-bond donors (Lipinski definition) is 0. The van der Waals surface area contributed by atoms with E-state index in [1.807, 2.05) is 60.7 Å². The average Bonchev–Trinajstić information content (AvgIpc) is 0.794. The fraction of sp³-hybridized carbons (Fsp3) is 0.525. The second-order valence-electron chi connectivity index (χ2n) is 35.2. The van der Waals surface area contributed by atoms with Crippen molar-refractivity contribution in [2.75, 3.05) is 0 Å². The van der Waals surface area contributed by atoms with Crippen molar-refractivity contribution >= 4 is 0 Å². The number of hydrogen-bond acceptors (Lipinski definition) is 4. The number of halogens is 18. The van der Waals surface area contributed by atoms with Gasteiger partial charge in [-0.1, -0.05) is 202 Å². The number of unbranched alkanes of at least 4 members (excludes halogenated alkanes) is 1. The van der Waals surface area contributed by atoms with E-state index in [0.29, 0.717) is 64.6 Å². The molecule has 0 amide bonds. The molecule has 22 heteroatoms. The lowest BCUT2D eigenvalue weighted by Crippen LogP contribution is -2.25. The highest BCUT2D eigenvalue weighted by molar-refractivity contribution is 5.74. The Kier molecular flexibility index (Phi) is 34.3. The van der Waals surface area contributed by atoms with Crippen LogP contribution in [0.15, 0.2) is 158 Å². The molecule has 0 aromatic heterocycles. The lowest BCUT2D eigenvalue weighted by Gasteiger charge is -2.38. The summed E-state index contributed by atoms with van der Waals surface area (Å²) in [5.74, 6) is -0.929. The Morgan fingerprint density at radius 2 is 0.553 bits per heavy atom. The van der Waals surface area contributed by atoms with Crippen LogP contribution in [0.1, 0.15) is 294 Å². The first-order valence-corrected chi connectivity index (χ1v) is 44.7. The molecular formula is C101H128F18O4. The first kappa shape index (κ1) is 95.4. The van der Waals surface area contributed by atoms with Gasteiger partial charge in [-0.3, -0.25) is 0 Å². The summed E-state index contributed by atoms with van der Waals surface area (Å²) < 4.78 is 249. The minimum absolute atomic E-state index is 0. The summed E-state index contributed by atoms with van der Waals surface area (Å²) in [6.07, 6.45) is 22.9. The normalized spacial score (nSPS) is 23.4. The van der Waals surface area contributed by atoms with E-state index in [1.165, 1.54) is 247 Å². The summed E-state index contributed by atoms with van der Waals surface area (Å²) in [7, 11) is 0. The van der Waals surface area contributed by atoms with Gasteiger partial charge in [0.15, 0.2) is 23.2 Å². The molecule has 0 atom stereocenters. The first-order chi connectivity index (χ1) is 58.7. The van der Waals surface area contributed by atoms with Crippen LogP contribution in [0.3, 0.4) is 0 Å². The fourth-order valence-corrected chi connectivity index (χ4v) is 20.5. The van der Waals surface area contributed by atoms with E-state index in [4.69, 9.17) is 0 Å². The molecule has 6 aliphatic carbocycles. The summed E-state index contributed by atoms with van der Waals surface area (Å²) >= 11 is 0. The van der Waals surface area contributed by atoms with Gasteiger partial charge in [0, 0.05) is 14.1 Å². The van der Waals surface area contributed by atoms with Crippen molar-refractivity contribution < 1.29 is 107 Å². The maximum Gasteiger partial charge on any atom is 0.573 e. The largest absolute Gasteiger partial charge is 0.573 e. The minimum atomic E-state index is -5.25. The fourth-order valence-electron chi connectivity index (χ4n) is 20.5. The molecular weight excluding hydrogens is 1620 g/mol. The van der Waals surface area contributed by atoms with Crippen LogP contribution in [-0.4, -0.2) is 25.4 Å². The molecule has 123 heavy (non-hydrogen) atoms. The van der Waals surface area contributed by atoms with Crippen molar-refractivity contribution in [1.29, 1.82) is 0 Å². The highest BCUT2D eigenvalue weighted by Gasteiger charge is 2.39.